The highest BCUT2D eigenvalue weighted by Crippen LogP contribution is 2.34. The minimum absolute atomic E-state index is 0.160. The molecule has 1 N–H and O–H groups in total. The van der Waals surface area contributed by atoms with Gasteiger partial charge in [-0.2, -0.15) is 5.26 Å². The zero-order chi connectivity index (χ0) is 17.2. The summed E-state index contributed by atoms with van der Waals surface area (Å²) in [5.74, 6) is 0.651. The predicted octanol–water partition coefficient (Wildman–Crippen LogP) is 2.53. The molecular weight excluding hydrogens is 302 g/mol. The predicted molar refractivity (Wildman–Crippen MR) is 83.9 cm³/mol. The first-order valence-corrected chi connectivity index (χ1v) is 6.77. The van der Waals surface area contributed by atoms with Crippen LogP contribution in [0.4, 0.5) is 10.5 Å². The van der Waals surface area contributed by atoms with Gasteiger partial charge in [0.25, 0.3) is 0 Å². The van der Waals surface area contributed by atoms with Crippen molar-refractivity contribution >= 4 is 18.0 Å². The molecule has 0 heterocycles. The molecule has 0 radical (unpaired) electrons. The number of oxime groups is 1. The van der Waals surface area contributed by atoms with Gasteiger partial charge in [0.1, 0.15) is 13.2 Å². The Labute approximate surface area is 134 Å². The normalized spacial score (nSPS) is 10.3. The lowest BCUT2D eigenvalue weighted by Gasteiger charge is -2.15. The van der Waals surface area contributed by atoms with Crippen LogP contribution in [0.5, 0.6) is 11.5 Å². The van der Waals surface area contributed by atoms with E-state index < -0.39 is 6.09 Å². The number of amides is 1. The maximum absolute atomic E-state index is 11.7. The van der Waals surface area contributed by atoms with E-state index in [2.05, 4.69) is 15.3 Å². The topological polar surface area (TPSA) is 102 Å². The van der Waals surface area contributed by atoms with E-state index in [1.807, 2.05) is 6.07 Å². The van der Waals surface area contributed by atoms with Gasteiger partial charge in [0.05, 0.1) is 19.4 Å². The van der Waals surface area contributed by atoms with Gasteiger partial charge in [0, 0.05) is 17.3 Å². The van der Waals surface area contributed by atoms with E-state index >= 15 is 0 Å². The average Bonchev–Trinajstić information content (AvgIpc) is 2.50. The summed E-state index contributed by atoms with van der Waals surface area (Å²) >= 11 is 0. The number of nitriles is 1. The number of nitrogens with zero attached hydrogens (tertiary/aromatic N) is 2. The largest absolute Gasteiger partial charge is 0.493 e. The van der Waals surface area contributed by atoms with E-state index in [1.165, 1.54) is 20.4 Å². The van der Waals surface area contributed by atoms with E-state index in [9.17, 15) is 4.79 Å². The Hall–Kier alpha value is -2.95. The van der Waals surface area contributed by atoms with Crippen LogP contribution < -0.4 is 14.8 Å². The summed E-state index contributed by atoms with van der Waals surface area (Å²) in [7, 11) is 2.84. The third-order valence-electron chi connectivity index (χ3n) is 2.47. The Balaban J connectivity index is 3.16. The number of nitrogens with one attached hydrogen (secondary N) is 1. The van der Waals surface area contributed by atoms with E-state index in [-0.39, 0.29) is 12.7 Å². The van der Waals surface area contributed by atoms with Crippen molar-refractivity contribution in [2.45, 2.75) is 20.0 Å². The summed E-state index contributed by atoms with van der Waals surface area (Å²) in [6, 6.07) is 5.03. The molecule has 0 saturated carbocycles. The number of ether oxygens (including phenoxy) is 3. The second-order valence-electron chi connectivity index (χ2n) is 4.54. The molecule has 124 valence electrons. The number of methoxy groups -OCH3 is 1. The van der Waals surface area contributed by atoms with Gasteiger partial charge >= 0.3 is 6.09 Å². The summed E-state index contributed by atoms with van der Waals surface area (Å²) in [4.78, 5) is 16.3. The monoisotopic (exact) mass is 321 g/mol. The molecule has 1 aromatic carbocycles. The summed E-state index contributed by atoms with van der Waals surface area (Å²) < 4.78 is 15.6. The van der Waals surface area contributed by atoms with Crippen molar-refractivity contribution < 1.29 is 23.8 Å². The lowest BCUT2D eigenvalue weighted by Crippen LogP contribution is -2.18. The molecule has 23 heavy (non-hydrogen) atoms. The molecule has 8 nitrogen and oxygen atoms in total. The second-order valence-corrected chi connectivity index (χ2v) is 4.54. The van der Waals surface area contributed by atoms with E-state index in [1.54, 1.807) is 26.0 Å². The highest BCUT2D eigenvalue weighted by Gasteiger charge is 2.15. The molecule has 1 amide bonds. The smallest absolute Gasteiger partial charge is 0.411 e. The fourth-order valence-electron chi connectivity index (χ4n) is 1.67. The third-order valence-corrected chi connectivity index (χ3v) is 2.47. The van der Waals surface area contributed by atoms with Crippen molar-refractivity contribution in [2.75, 3.05) is 26.1 Å². The van der Waals surface area contributed by atoms with Crippen molar-refractivity contribution in [1.29, 1.82) is 5.26 Å². The minimum atomic E-state index is -0.595. The van der Waals surface area contributed by atoms with Gasteiger partial charge in [-0.3, -0.25) is 5.32 Å². The van der Waals surface area contributed by atoms with Crippen LogP contribution in [0, 0.1) is 11.3 Å². The van der Waals surface area contributed by atoms with E-state index in [0.717, 1.165) is 0 Å². The summed E-state index contributed by atoms with van der Waals surface area (Å²) in [5.41, 5.74) is 0.899. The molecule has 0 aromatic heterocycles. The van der Waals surface area contributed by atoms with Crippen molar-refractivity contribution in [2.24, 2.45) is 5.16 Å². The summed E-state index contributed by atoms with van der Waals surface area (Å²) in [5, 5.41) is 14.9. The van der Waals surface area contributed by atoms with Gasteiger partial charge in [-0.15, -0.1) is 0 Å². The standard InChI is InChI=1S/C15H19N3O5/c1-10(2)23-15(19)18-12-7-11(9-17-21-4)14(22-6-5-16)13(8-12)20-3/h7-10H,6H2,1-4H3,(H,18,19). The Bertz CT molecular complexity index is 608. The highest BCUT2D eigenvalue weighted by atomic mass is 16.6. The zero-order valence-corrected chi connectivity index (χ0v) is 13.5. The molecule has 0 saturated heterocycles. The van der Waals surface area contributed by atoms with Crippen LogP contribution in [0.2, 0.25) is 0 Å². The lowest BCUT2D eigenvalue weighted by molar-refractivity contribution is 0.130. The molecule has 0 spiro atoms. The Morgan fingerprint density at radius 2 is 2.17 bits per heavy atom. The number of hydrogen-bond acceptors (Lipinski definition) is 7. The molecule has 0 aliphatic carbocycles. The number of anilines is 1. The second kappa shape index (κ2) is 9.15. The molecule has 1 rings (SSSR count). The number of benzene rings is 1. The van der Waals surface area contributed by atoms with Crippen LogP contribution in [-0.2, 0) is 9.57 Å². The fraction of sp³-hybridized carbons (Fsp3) is 0.400. The number of rotatable bonds is 7. The molecular formula is C15H19N3O5. The van der Waals surface area contributed by atoms with Gasteiger partial charge in [-0.1, -0.05) is 5.16 Å². The van der Waals surface area contributed by atoms with Gasteiger partial charge < -0.3 is 19.0 Å². The van der Waals surface area contributed by atoms with E-state index in [4.69, 9.17) is 19.5 Å². The maximum atomic E-state index is 11.7. The van der Waals surface area contributed by atoms with Crippen LogP contribution in [0.15, 0.2) is 17.3 Å². The van der Waals surface area contributed by atoms with Gasteiger partial charge in [0.15, 0.2) is 18.1 Å². The van der Waals surface area contributed by atoms with Crippen LogP contribution >= 0.6 is 0 Å². The summed E-state index contributed by atoms with van der Waals surface area (Å²) in [6.07, 6.45) is 0.542. The van der Waals surface area contributed by atoms with Crippen molar-refractivity contribution in [1.82, 2.24) is 0 Å². The molecule has 0 bridgehead atoms. The summed E-state index contributed by atoms with van der Waals surface area (Å²) in [6.45, 7) is 3.33. The first-order valence-electron chi connectivity index (χ1n) is 6.77. The Morgan fingerprint density at radius 1 is 1.43 bits per heavy atom. The van der Waals surface area contributed by atoms with Gasteiger partial charge in [-0.05, 0) is 19.9 Å². The number of carbonyl (C=O) groups excluding carboxylic acids is 1. The van der Waals surface area contributed by atoms with Crippen molar-refractivity contribution in [3.8, 4) is 17.6 Å². The van der Waals surface area contributed by atoms with Crippen molar-refractivity contribution in [3.05, 3.63) is 17.7 Å². The van der Waals surface area contributed by atoms with Gasteiger partial charge in [-0.25, -0.2) is 4.79 Å². The van der Waals surface area contributed by atoms with Crippen LogP contribution in [0.3, 0.4) is 0 Å². The first-order chi connectivity index (χ1) is 11.0. The van der Waals surface area contributed by atoms with Crippen LogP contribution in [-0.4, -0.2) is 39.2 Å². The molecule has 0 fully saturated rings. The number of carbonyl (C=O) groups is 1. The third kappa shape index (κ3) is 5.74. The average molecular weight is 321 g/mol. The van der Waals surface area contributed by atoms with Gasteiger partial charge in [0.2, 0.25) is 0 Å². The first kappa shape index (κ1) is 18.1. The highest BCUT2D eigenvalue weighted by molar-refractivity contribution is 5.91. The Morgan fingerprint density at radius 3 is 2.74 bits per heavy atom. The molecule has 1 aromatic rings. The van der Waals surface area contributed by atoms with Crippen LogP contribution in [0.1, 0.15) is 19.4 Å². The van der Waals surface area contributed by atoms with Crippen LogP contribution in [0.25, 0.3) is 0 Å². The molecule has 0 atom stereocenters. The quantitative estimate of drug-likeness (QED) is 0.611. The SMILES string of the molecule is CON=Cc1cc(NC(=O)OC(C)C)cc(OC)c1OCC#N. The molecule has 0 unspecified atom stereocenters. The zero-order valence-electron chi connectivity index (χ0n) is 13.5. The minimum Gasteiger partial charge on any atom is -0.493 e. The number of hydrogen-bond donors (Lipinski definition) is 1. The molecule has 0 aliphatic heterocycles. The fourth-order valence-corrected chi connectivity index (χ4v) is 1.67. The Kier molecular flexibility index (Phi) is 7.20. The van der Waals surface area contributed by atoms with E-state index in [0.29, 0.717) is 22.7 Å². The molecule has 8 heteroatoms. The lowest BCUT2D eigenvalue weighted by atomic mass is 10.1. The molecule has 0 aliphatic rings. The van der Waals surface area contributed by atoms with Crippen molar-refractivity contribution in [3.63, 3.8) is 0 Å². The maximum Gasteiger partial charge on any atom is 0.411 e.